The highest BCUT2D eigenvalue weighted by Gasteiger charge is 2.38. The molecular formula is C19H26BrN3O2. The van der Waals surface area contributed by atoms with E-state index in [4.69, 9.17) is 0 Å². The van der Waals surface area contributed by atoms with Crippen LogP contribution in [-0.4, -0.2) is 72.3 Å². The maximum Gasteiger partial charge on any atom is 0.254 e. The SMILES string of the molecule is CN(C)C1CCCN(C(=O)C2CCCN2C(=O)c2ccc(Br)cc2)C1. The third kappa shape index (κ3) is 4.06. The number of benzene rings is 1. The Balaban J connectivity index is 1.71. The number of likely N-dealkylation sites (tertiary alicyclic amines) is 2. The first-order valence-corrected chi connectivity index (χ1v) is 9.78. The van der Waals surface area contributed by atoms with Gasteiger partial charge in [-0.1, -0.05) is 15.9 Å². The van der Waals surface area contributed by atoms with E-state index in [-0.39, 0.29) is 17.9 Å². The lowest BCUT2D eigenvalue weighted by Crippen LogP contribution is -2.53. The third-order valence-corrected chi connectivity index (χ3v) is 5.86. The molecule has 2 amide bonds. The first-order chi connectivity index (χ1) is 12.0. The van der Waals surface area contributed by atoms with Crippen molar-refractivity contribution in [2.24, 2.45) is 0 Å². The van der Waals surface area contributed by atoms with Crippen LogP contribution in [0.15, 0.2) is 28.7 Å². The second-order valence-corrected chi connectivity index (χ2v) is 8.12. The van der Waals surface area contributed by atoms with Crippen LogP contribution in [0, 0.1) is 0 Å². The van der Waals surface area contributed by atoms with Crippen LogP contribution in [0.3, 0.4) is 0 Å². The molecule has 1 aromatic carbocycles. The number of amides is 2. The minimum atomic E-state index is -0.308. The highest BCUT2D eigenvalue weighted by atomic mass is 79.9. The minimum absolute atomic E-state index is 0.0375. The normalized spacial score (nSPS) is 24.0. The molecule has 6 heteroatoms. The molecule has 0 saturated carbocycles. The zero-order chi connectivity index (χ0) is 18.0. The predicted octanol–water partition coefficient (Wildman–Crippen LogP) is 2.61. The summed E-state index contributed by atoms with van der Waals surface area (Å²) < 4.78 is 0.946. The Morgan fingerprint density at radius 1 is 1.08 bits per heavy atom. The summed E-state index contributed by atoms with van der Waals surface area (Å²) in [7, 11) is 4.13. The molecule has 136 valence electrons. The molecule has 2 heterocycles. The fraction of sp³-hybridized carbons (Fsp3) is 0.579. The average molecular weight is 408 g/mol. The van der Waals surface area contributed by atoms with Gasteiger partial charge in [-0.25, -0.2) is 0 Å². The van der Waals surface area contributed by atoms with E-state index in [1.54, 1.807) is 4.90 Å². The number of halogens is 1. The average Bonchev–Trinajstić information content (AvgIpc) is 3.11. The molecule has 0 spiro atoms. The van der Waals surface area contributed by atoms with Crippen molar-refractivity contribution in [2.45, 2.75) is 37.8 Å². The Kier molecular flexibility index (Phi) is 5.79. The second kappa shape index (κ2) is 7.87. The Hall–Kier alpha value is -1.40. The smallest absolute Gasteiger partial charge is 0.254 e. The van der Waals surface area contributed by atoms with Crippen molar-refractivity contribution in [3.05, 3.63) is 34.3 Å². The van der Waals surface area contributed by atoms with E-state index in [2.05, 4.69) is 34.9 Å². The van der Waals surface area contributed by atoms with E-state index in [1.807, 2.05) is 29.2 Å². The number of hydrogen-bond donors (Lipinski definition) is 0. The number of carbonyl (C=O) groups is 2. The number of piperidine rings is 1. The van der Waals surface area contributed by atoms with Crippen molar-refractivity contribution in [2.75, 3.05) is 33.7 Å². The van der Waals surface area contributed by atoms with Crippen LogP contribution < -0.4 is 0 Å². The fourth-order valence-electron chi connectivity index (χ4n) is 3.81. The van der Waals surface area contributed by atoms with Gasteiger partial charge in [-0.2, -0.15) is 0 Å². The summed E-state index contributed by atoms with van der Waals surface area (Å²) in [5.41, 5.74) is 0.646. The molecule has 25 heavy (non-hydrogen) atoms. The molecule has 0 N–H and O–H groups in total. The molecule has 3 rings (SSSR count). The van der Waals surface area contributed by atoms with Gasteiger partial charge in [0.25, 0.3) is 5.91 Å². The molecule has 2 atom stereocenters. The van der Waals surface area contributed by atoms with Gasteiger partial charge in [-0.3, -0.25) is 9.59 Å². The Labute approximate surface area is 158 Å². The summed E-state index contributed by atoms with van der Waals surface area (Å²) in [6.45, 7) is 2.24. The minimum Gasteiger partial charge on any atom is -0.339 e. The lowest BCUT2D eigenvalue weighted by Gasteiger charge is -2.38. The van der Waals surface area contributed by atoms with Crippen molar-refractivity contribution in [1.29, 1.82) is 0 Å². The van der Waals surface area contributed by atoms with Crippen LogP contribution in [0.4, 0.5) is 0 Å². The van der Waals surface area contributed by atoms with Gasteiger partial charge in [0.2, 0.25) is 5.91 Å². The van der Waals surface area contributed by atoms with E-state index < -0.39 is 0 Å². The molecule has 2 unspecified atom stereocenters. The highest BCUT2D eigenvalue weighted by molar-refractivity contribution is 9.10. The zero-order valence-corrected chi connectivity index (χ0v) is 16.5. The highest BCUT2D eigenvalue weighted by Crippen LogP contribution is 2.24. The van der Waals surface area contributed by atoms with Crippen LogP contribution in [0.5, 0.6) is 0 Å². The summed E-state index contributed by atoms with van der Waals surface area (Å²) in [6, 6.07) is 7.47. The fourth-order valence-corrected chi connectivity index (χ4v) is 4.08. The Morgan fingerprint density at radius 2 is 1.76 bits per heavy atom. The van der Waals surface area contributed by atoms with Gasteiger partial charge in [0, 0.05) is 35.7 Å². The quantitative estimate of drug-likeness (QED) is 0.773. The van der Waals surface area contributed by atoms with Crippen molar-refractivity contribution >= 4 is 27.7 Å². The van der Waals surface area contributed by atoms with E-state index in [9.17, 15) is 9.59 Å². The number of likely N-dealkylation sites (N-methyl/N-ethyl adjacent to an activating group) is 1. The van der Waals surface area contributed by atoms with Crippen molar-refractivity contribution in [3.63, 3.8) is 0 Å². The molecule has 0 aliphatic carbocycles. The maximum absolute atomic E-state index is 13.1. The third-order valence-electron chi connectivity index (χ3n) is 5.33. The van der Waals surface area contributed by atoms with E-state index >= 15 is 0 Å². The zero-order valence-electron chi connectivity index (χ0n) is 14.9. The Morgan fingerprint density at radius 3 is 2.44 bits per heavy atom. The molecule has 2 aliphatic rings. The molecule has 2 fully saturated rings. The molecule has 2 saturated heterocycles. The molecule has 5 nitrogen and oxygen atoms in total. The molecule has 1 aromatic rings. The number of carbonyl (C=O) groups excluding carboxylic acids is 2. The first-order valence-electron chi connectivity index (χ1n) is 8.99. The van der Waals surface area contributed by atoms with Crippen molar-refractivity contribution in [1.82, 2.24) is 14.7 Å². The number of nitrogens with zero attached hydrogens (tertiary/aromatic N) is 3. The number of rotatable bonds is 3. The summed E-state index contributed by atoms with van der Waals surface area (Å²) in [4.78, 5) is 31.9. The van der Waals surface area contributed by atoms with E-state index in [0.717, 1.165) is 43.2 Å². The number of hydrogen-bond acceptors (Lipinski definition) is 3. The van der Waals surface area contributed by atoms with E-state index in [0.29, 0.717) is 18.2 Å². The molecule has 0 radical (unpaired) electrons. The summed E-state index contributed by atoms with van der Waals surface area (Å²) in [5.74, 6) is 0.0824. The lowest BCUT2D eigenvalue weighted by atomic mass is 10.0. The predicted molar refractivity (Wildman–Crippen MR) is 101 cm³/mol. The molecule has 0 bridgehead atoms. The van der Waals surface area contributed by atoms with Crippen LogP contribution in [0.1, 0.15) is 36.0 Å². The molecule has 0 aromatic heterocycles. The monoisotopic (exact) mass is 407 g/mol. The van der Waals surface area contributed by atoms with E-state index in [1.165, 1.54) is 0 Å². The van der Waals surface area contributed by atoms with Gasteiger partial charge in [0.05, 0.1) is 0 Å². The topological polar surface area (TPSA) is 43.9 Å². The van der Waals surface area contributed by atoms with Crippen LogP contribution in [0.25, 0.3) is 0 Å². The Bertz CT molecular complexity index is 632. The molecule has 2 aliphatic heterocycles. The summed E-state index contributed by atoms with van der Waals surface area (Å²) in [5, 5.41) is 0. The maximum atomic E-state index is 13.1. The van der Waals surface area contributed by atoms with Gasteiger partial charge in [-0.15, -0.1) is 0 Å². The van der Waals surface area contributed by atoms with Crippen LogP contribution >= 0.6 is 15.9 Å². The van der Waals surface area contributed by atoms with Gasteiger partial charge in [0.1, 0.15) is 6.04 Å². The van der Waals surface area contributed by atoms with Gasteiger partial charge >= 0.3 is 0 Å². The van der Waals surface area contributed by atoms with Gasteiger partial charge in [0.15, 0.2) is 0 Å². The van der Waals surface area contributed by atoms with Crippen LogP contribution in [0.2, 0.25) is 0 Å². The summed E-state index contributed by atoms with van der Waals surface area (Å²) in [6.07, 6.45) is 3.82. The van der Waals surface area contributed by atoms with Gasteiger partial charge in [-0.05, 0) is 64.0 Å². The second-order valence-electron chi connectivity index (χ2n) is 7.21. The standard InChI is InChI=1S/C19H26BrN3O2/c1-21(2)16-5-3-11-22(13-16)19(25)17-6-4-12-23(17)18(24)14-7-9-15(20)10-8-14/h7-10,16-17H,3-6,11-13H2,1-2H3. The largest absolute Gasteiger partial charge is 0.339 e. The summed E-state index contributed by atoms with van der Waals surface area (Å²) >= 11 is 3.39. The van der Waals surface area contributed by atoms with Crippen LogP contribution in [-0.2, 0) is 4.79 Å². The molecular weight excluding hydrogens is 382 g/mol. The van der Waals surface area contributed by atoms with Crippen molar-refractivity contribution in [3.8, 4) is 0 Å². The first kappa shape index (κ1) is 18.4. The van der Waals surface area contributed by atoms with Gasteiger partial charge < -0.3 is 14.7 Å². The lowest BCUT2D eigenvalue weighted by molar-refractivity contribution is -0.137. The van der Waals surface area contributed by atoms with Crippen molar-refractivity contribution < 1.29 is 9.59 Å².